The molecule has 0 unspecified atom stereocenters. The topological polar surface area (TPSA) is 12.0 Å². The quantitative estimate of drug-likeness (QED) is 0.440. The van der Waals surface area contributed by atoms with Crippen molar-refractivity contribution in [2.45, 2.75) is 25.8 Å². The zero-order chi connectivity index (χ0) is 11.8. The maximum Gasteiger partial charge on any atom is 0.127 e. The molecule has 0 heterocycles. The van der Waals surface area contributed by atoms with Crippen LogP contribution in [0, 0.1) is 5.82 Å². The Labute approximate surface area is 115 Å². The number of alkyl halides is 1. The molecule has 0 saturated heterocycles. The molecule has 16 heavy (non-hydrogen) atoms. The minimum Gasteiger partial charge on any atom is -0.313 e. The molecule has 1 nitrogen and oxygen atoms in total. The maximum absolute atomic E-state index is 13.3. The molecule has 0 saturated carbocycles. The van der Waals surface area contributed by atoms with E-state index in [4.69, 9.17) is 11.6 Å². The standard InChI is InChI=1S/C12H16ClFIN/c13-11-4-5-12(14)10(8-11)9-16-7-3-1-2-6-15/h4-5,8,16H,1-3,6-7,9H2. The highest BCUT2D eigenvalue weighted by molar-refractivity contribution is 14.1. The number of unbranched alkanes of at least 4 members (excludes halogenated alkanes) is 2. The lowest BCUT2D eigenvalue weighted by Gasteiger charge is -2.06. The molecule has 0 aliphatic carbocycles. The van der Waals surface area contributed by atoms with Crippen LogP contribution in [-0.2, 0) is 6.54 Å². The average molecular weight is 356 g/mol. The first-order valence-electron chi connectivity index (χ1n) is 5.44. The fourth-order valence-electron chi connectivity index (χ4n) is 1.42. The summed E-state index contributed by atoms with van der Waals surface area (Å²) >= 11 is 8.18. The van der Waals surface area contributed by atoms with Gasteiger partial charge in [-0.05, 0) is 42.0 Å². The van der Waals surface area contributed by atoms with Crippen LogP contribution < -0.4 is 5.32 Å². The Morgan fingerprint density at radius 2 is 2.06 bits per heavy atom. The van der Waals surface area contributed by atoms with Gasteiger partial charge in [0.2, 0.25) is 0 Å². The smallest absolute Gasteiger partial charge is 0.127 e. The van der Waals surface area contributed by atoms with E-state index in [0.29, 0.717) is 17.1 Å². The van der Waals surface area contributed by atoms with E-state index < -0.39 is 0 Å². The van der Waals surface area contributed by atoms with Crippen molar-refractivity contribution in [1.82, 2.24) is 5.32 Å². The van der Waals surface area contributed by atoms with E-state index in [1.54, 1.807) is 12.1 Å². The molecular formula is C12H16ClFIN. The van der Waals surface area contributed by atoms with Gasteiger partial charge in [0.15, 0.2) is 0 Å². The van der Waals surface area contributed by atoms with Crippen molar-refractivity contribution in [2.24, 2.45) is 0 Å². The van der Waals surface area contributed by atoms with Gasteiger partial charge in [0.05, 0.1) is 0 Å². The fourth-order valence-corrected chi connectivity index (χ4v) is 2.16. The normalized spacial score (nSPS) is 10.7. The van der Waals surface area contributed by atoms with Crippen LogP contribution in [0.2, 0.25) is 5.02 Å². The molecule has 0 aliphatic rings. The first-order chi connectivity index (χ1) is 7.74. The van der Waals surface area contributed by atoms with Crippen LogP contribution in [0.1, 0.15) is 24.8 Å². The summed E-state index contributed by atoms with van der Waals surface area (Å²) in [5.74, 6) is -0.191. The first-order valence-corrected chi connectivity index (χ1v) is 7.35. The molecule has 1 rings (SSSR count). The highest BCUT2D eigenvalue weighted by atomic mass is 127. The Morgan fingerprint density at radius 3 is 2.81 bits per heavy atom. The van der Waals surface area contributed by atoms with Gasteiger partial charge < -0.3 is 5.32 Å². The van der Waals surface area contributed by atoms with Crippen molar-refractivity contribution in [1.29, 1.82) is 0 Å². The summed E-state index contributed by atoms with van der Waals surface area (Å²) < 4.78 is 14.5. The minimum atomic E-state index is -0.191. The molecule has 4 heteroatoms. The molecule has 1 aromatic rings. The van der Waals surface area contributed by atoms with Crippen LogP contribution in [0.4, 0.5) is 4.39 Å². The Kier molecular flexibility index (Phi) is 7.32. The van der Waals surface area contributed by atoms with Crippen molar-refractivity contribution in [3.8, 4) is 0 Å². The third-order valence-corrected chi connectivity index (χ3v) is 3.31. The van der Waals surface area contributed by atoms with Gasteiger partial charge in [-0.15, -0.1) is 0 Å². The largest absolute Gasteiger partial charge is 0.313 e. The summed E-state index contributed by atoms with van der Waals surface area (Å²) in [7, 11) is 0. The summed E-state index contributed by atoms with van der Waals surface area (Å²) in [5.41, 5.74) is 0.640. The third-order valence-electron chi connectivity index (χ3n) is 2.31. The molecule has 90 valence electrons. The predicted molar refractivity (Wildman–Crippen MR) is 75.9 cm³/mol. The van der Waals surface area contributed by atoms with E-state index in [-0.39, 0.29) is 5.82 Å². The molecule has 0 aliphatic heterocycles. The highest BCUT2D eigenvalue weighted by Gasteiger charge is 2.01. The van der Waals surface area contributed by atoms with Gasteiger partial charge in [-0.3, -0.25) is 0 Å². The van der Waals surface area contributed by atoms with Crippen molar-refractivity contribution in [3.63, 3.8) is 0 Å². The summed E-state index contributed by atoms with van der Waals surface area (Å²) in [6, 6.07) is 4.66. The van der Waals surface area contributed by atoms with Gasteiger partial charge in [-0.1, -0.05) is 40.6 Å². The SMILES string of the molecule is Fc1ccc(Cl)cc1CNCCCCCI. The summed E-state index contributed by atoms with van der Waals surface area (Å²) in [6.45, 7) is 1.49. The van der Waals surface area contributed by atoms with E-state index in [1.807, 2.05) is 0 Å². The number of hydrogen-bond donors (Lipinski definition) is 1. The van der Waals surface area contributed by atoms with Gasteiger partial charge in [0, 0.05) is 17.1 Å². The molecule has 1 aromatic carbocycles. The van der Waals surface area contributed by atoms with Gasteiger partial charge in [0.25, 0.3) is 0 Å². The van der Waals surface area contributed by atoms with Crippen molar-refractivity contribution < 1.29 is 4.39 Å². The van der Waals surface area contributed by atoms with Crippen molar-refractivity contribution >= 4 is 34.2 Å². The van der Waals surface area contributed by atoms with Crippen LogP contribution in [-0.4, -0.2) is 11.0 Å². The molecule has 0 aromatic heterocycles. The van der Waals surface area contributed by atoms with Crippen LogP contribution in [0.5, 0.6) is 0 Å². The molecule has 0 radical (unpaired) electrons. The zero-order valence-electron chi connectivity index (χ0n) is 9.11. The minimum absolute atomic E-state index is 0.191. The number of benzene rings is 1. The van der Waals surface area contributed by atoms with Gasteiger partial charge >= 0.3 is 0 Å². The lowest BCUT2D eigenvalue weighted by atomic mass is 10.2. The zero-order valence-corrected chi connectivity index (χ0v) is 12.0. The number of nitrogens with one attached hydrogen (secondary N) is 1. The number of hydrogen-bond acceptors (Lipinski definition) is 1. The summed E-state index contributed by atoms with van der Waals surface area (Å²) in [4.78, 5) is 0. The lowest BCUT2D eigenvalue weighted by Crippen LogP contribution is -2.15. The average Bonchev–Trinajstić information content (AvgIpc) is 2.28. The maximum atomic E-state index is 13.3. The molecule has 0 atom stereocenters. The monoisotopic (exact) mass is 355 g/mol. The van der Waals surface area contributed by atoms with Crippen molar-refractivity contribution in [2.75, 3.05) is 11.0 Å². The molecule has 1 N–H and O–H groups in total. The van der Waals surface area contributed by atoms with Gasteiger partial charge in [-0.25, -0.2) is 4.39 Å². The summed E-state index contributed by atoms with van der Waals surface area (Å²) in [6.07, 6.45) is 3.63. The number of rotatable bonds is 7. The molecule has 0 bridgehead atoms. The molecule has 0 fully saturated rings. The second-order valence-corrected chi connectivity index (χ2v) is 5.18. The van der Waals surface area contributed by atoms with Crippen LogP contribution in [0.25, 0.3) is 0 Å². The molecule has 0 spiro atoms. The molecular weight excluding hydrogens is 339 g/mol. The van der Waals surface area contributed by atoms with Gasteiger partial charge in [-0.2, -0.15) is 0 Å². The highest BCUT2D eigenvalue weighted by Crippen LogP contribution is 2.14. The third kappa shape index (κ3) is 5.46. The Bertz CT molecular complexity index is 320. The van der Waals surface area contributed by atoms with E-state index >= 15 is 0 Å². The Morgan fingerprint density at radius 1 is 1.25 bits per heavy atom. The van der Waals surface area contributed by atoms with Gasteiger partial charge in [0.1, 0.15) is 5.82 Å². The Hall–Kier alpha value is 0.130. The number of halogens is 3. The molecule has 0 amide bonds. The second kappa shape index (κ2) is 8.25. The van der Waals surface area contributed by atoms with Crippen LogP contribution >= 0.6 is 34.2 Å². The van der Waals surface area contributed by atoms with E-state index in [0.717, 1.165) is 13.0 Å². The van der Waals surface area contributed by atoms with Crippen LogP contribution in [0.3, 0.4) is 0 Å². The predicted octanol–water partition coefficient (Wildman–Crippen LogP) is 4.17. The second-order valence-electron chi connectivity index (χ2n) is 3.66. The van der Waals surface area contributed by atoms with E-state index in [1.165, 1.54) is 23.3 Å². The van der Waals surface area contributed by atoms with E-state index in [9.17, 15) is 4.39 Å². The fraction of sp³-hybridized carbons (Fsp3) is 0.500. The van der Waals surface area contributed by atoms with Crippen LogP contribution in [0.15, 0.2) is 18.2 Å². The lowest BCUT2D eigenvalue weighted by molar-refractivity contribution is 0.574. The van der Waals surface area contributed by atoms with Crippen molar-refractivity contribution in [3.05, 3.63) is 34.6 Å². The van der Waals surface area contributed by atoms with E-state index in [2.05, 4.69) is 27.9 Å². The first kappa shape index (κ1) is 14.2. The Balaban J connectivity index is 2.23. The summed E-state index contributed by atoms with van der Waals surface area (Å²) in [5, 5.41) is 3.81.